The Bertz CT molecular complexity index is 832. The van der Waals surface area contributed by atoms with Crippen LogP contribution in [0, 0.1) is 19.8 Å². The molecule has 1 N–H and O–H groups in total. The van der Waals surface area contributed by atoms with Gasteiger partial charge in [0.1, 0.15) is 0 Å². The quantitative estimate of drug-likeness (QED) is 0.719. The van der Waals surface area contributed by atoms with E-state index in [1.807, 2.05) is 24.8 Å². The second-order valence-corrected chi connectivity index (χ2v) is 9.93. The van der Waals surface area contributed by atoms with Crippen LogP contribution in [0.5, 0.6) is 0 Å². The highest BCUT2D eigenvalue weighted by molar-refractivity contribution is 7.88. The molecule has 0 aliphatic carbocycles. The first kappa shape index (κ1) is 21.0. The summed E-state index contributed by atoms with van der Waals surface area (Å²) in [5, 5.41) is 0. The molecule has 1 aromatic rings. The Morgan fingerprint density at radius 1 is 1.07 bits per heavy atom. The largest absolute Gasteiger partial charge is 0.362 e. The lowest BCUT2D eigenvalue weighted by molar-refractivity contribution is -0.138. The molecule has 1 aromatic heterocycles. The molecule has 2 aliphatic heterocycles. The third-order valence-electron chi connectivity index (χ3n) is 5.77. The van der Waals surface area contributed by atoms with Gasteiger partial charge < -0.3 is 9.88 Å². The number of piperidine rings is 1. The van der Waals surface area contributed by atoms with Crippen LogP contribution in [0.1, 0.15) is 34.6 Å². The fourth-order valence-corrected chi connectivity index (χ4v) is 4.99. The van der Waals surface area contributed by atoms with E-state index in [1.165, 1.54) is 10.6 Å². The molecule has 8 nitrogen and oxygen atoms in total. The molecule has 0 bridgehead atoms. The van der Waals surface area contributed by atoms with E-state index >= 15 is 0 Å². The number of aromatic nitrogens is 1. The zero-order valence-corrected chi connectivity index (χ0v) is 17.7. The second kappa shape index (κ2) is 8.34. The molecular weight excluding hydrogens is 380 g/mol. The number of H-pyrrole nitrogens is 1. The minimum Gasteiger partial charge on any atom is -0.362 e. The van der Waals surface area contributed by atoms with Crippen LogP contribution in [0.3, 0.4) is 0 Å². The van der Waals surface area contributed by atoms with E-state index < -0.39 is 10.0 Å². The SMILES string of the molecule is Cc1cc(C(=O)CN2CCN(C(=O)C3CCN(S(C)(=O)=O)CC3)CC2)c(C)[nH]1. The molecule has 1 amide bonds. The molecule has 0 radical (unpaired) electrons. The average molecular weight is 411 g/mol. The monoisotopic (exact) mass is 410 g/mol. The van der Waals surface area contributed by atoms with Gasteiger partial charge >= 0.3 is 0 Å². The Hall–Kier alpha value is -1.71. The normalized spacial score (nSPS) is 20.5. The molecule has 2 fully saturated rings. The smallest absolute Gasteiger partial charge is 0.225 e. The number of rotatable bonds is 5. The van der Waals surface area contributed by atoms with Gasteiger partial charge in [-0.3, -0.25) is 14.5 Å². The summed E-state index contributed by atoms with van der Waals surface area (Å²) in [6, 6.07) is 1.89. The summed E-state index contributed by atoms with van der Waals surface area (Å²) in [6.07, 6.45) is 2.37. The van der Waals surface area contributed by atoms with Crippen molar-refractivity contribution in [1.29, 1.82) is 0 Å². The lowest BCUT2D eigenvalue weighted by Gasteiger charge is -2.38. The number of carbonyl (C=O) groups is 2. The van der Waals surface area contributed by atoms with Crippen molar-refractivity contribution >= 4 is 21.7 Å². The van der Waals surface area contributed by atoms with E-state index in [2.05, 4.69) is 9.88 Å². The number of sulfonamides is 1. The van der Waals surface area contributed by atoms with Gasteiger partial charge in [-0.2, -0.15) is 0 Å². The van der Waals surface area contributed by atoms with E-state index in [9.17, 15) is 18.0 Å². The zero-order chi connectivity index (χ0) is 20.5. The lowest BCUT2D eigenvalue weighted by atomic mass is 9.96. The number of nitrogens with zero attached hydrogens (tertiary/aromatic N) is 3. The van der Waals surface area contributed by atoms with Crippen LogP contribution in [0.25, 0.3) is 0 Å². The molecule has 9 heteroatoms. The van der Waals surface area contributed by atoms with Crippen LogP contribution in [0.15, 0.2) is 6.07 Å². The molecule has 0 aromatic carbocycles. The zero-order valence-electron chi connectivity index (χ0n) is 16.9. The van der Waals surface area contributed by atoms with Crippen molar-refractivity contribution in [3.05, 3.63) is 23.0 Å². The lowest BCUT2D eigenvalue weighted by Crippen LogP contribution is -2.52. The van der Waals surface area contributed by atoms with Crippen molar-refractivity contribution in [3.8, 4) is 0 Å². The van der Waals surface area contributed by atoms with Crippen molar-refractivity contribution in [3.63, 3.8) is 0 Å². The molecule has 3 heterocycles. The molecule has 3 rings (SSSR count). The third kappa shape index (κ3) is 4.82. The summed E-state index contributed by atoms with van der Waals surface area (Å²) in [7, 11) is -3.18. The minimum atomic E-state index is -3.18. The van der Waals surface area contributed by atoms with Crippen LogP contribution in [0.4, 0.5) is 0 Å². The Morgan fingerprint density at radius 3 is 2.18 bits per heavy atom. The Morgan fingerprint density at radius 2 is 1.68 bits per heavy atom. The molecule has 0 spiro atoms. The predicted molar refractivity (Wildman–Crippen MR) is 107 cm³/mol. The maximum atomic E-state index is 12.8. The summed E-state index contributed by atoms with van der Waals surface area (Å²) >= 11 is 0. The van der Waals surface area contributed by atoms with Gasteiger partial charge in [0.2, 0.25) is 15.9 Å². The number of carbonyl (C=O) groups excluding carboxylic acids is 2. The molecule has 0 atom stereocenters. The van der Waals surface area contributed by atoms with Crippen LogP contribution in [-0.2, 0) is 14.8 Å². The third-order valence-corrected chi connectivity index (χ3v) is 7.08. The molecule has 2 saturated heterocycles. The number of piperazine rings is 1. The van der Waals surface area contributed by atoms with Gasteiger partial charge in [-0.1, -0.05) is 0 Å². The number of amides is 1. The summed E-state index contributed by atoms with van der Waals surface area (Å²) in [4.78, 5) is 32.4. The van der Waals surface area contributed by atoms with Crippen LogP contribution in [-0.4, -0.2) is 91.3 Å². The van der Waals surface area contributed by atoms with Gasteiger partial charge in [0, 0.05) is 62.1 Å². The maximum absolute atomic E-state index is 12.8. The summed E-state index contributed by atoms with van der Waals surface area (Å²) in [6.45, 7) is 7.64. The number of aryl methyl sites for hydroxylation is 2. The van der Waals surface area contributed by atoms with Gasteiger partial charge in [0.15, 0.2) is 5.78 Å². The molecule has 2 aliphatic rings. The van der Waals surface area contributed by atoms with Crippen molar-refractivity contribution in [2.24, 2.45) is 5.92 Å². The van der Waals surface area contributed by atoms with Crippen LogP contribution < -0.4 is 0 Å². The van der Waals surface area contributed by atoms with Crippen molar-refractivity contribution in [2.75, 3.05) is 52.1 Å². The fraction of sp³-hybridized carbons (Fsp3) is 0.684. The van der Waals surface area contributed by atoms with E-state index in [-0.39, 0.29) is 17.6 Å². The highest BCUT2D eigenvalue weighted by atomic mass is 32.2. The first-order valence-corrected chi connectivity index (χ1v) is 11.7. The number of ketones is 1. The number of hydrogen-bond acceptors (Lipinski definition) is 5. The van der Waals surface area contributed by atoms with Crippen LogP contribution in [0.2, 0.25) is 0 Å². The molecule has 0 unspecified atom stereocenters. The summed E-state index contributed by atoms with van der Waals surface area (Å²) in [5.74, 6) is 0.127. The Balaban J connectivity index is 1.47. The molecule has 28 heavy (non-hydrogen) atoms. The fourth-order valence-electron chi connectivity index (χ4n) is 4.12. The number of Topliss-reactive ketones (excluding diaryl/α,β-unsaturated/α-hetero) is 1. The first-order chi connectivity index (χ1) is 13.1. The number of hydrogen-bond donors (Lipinski definition) is 1. The highest BCUT2D eigenvalue weighted by Gasteiger charge is 2.33. The van der Waals surface area contributed by atoms with Crippen LogP contribution >= 0.6 is 0 Å². The predicted octanol–water partition coefficient (Wildman–Crippen LogP) is 0.630. The average Bonchev–Trinajstić information content (AvgIpc) is 2.99. The van der Waals surface area contributed by atoms with E-state index in [4.69, 9.17) is 0 Å². The van der Waals surface area contributed by atoms with Gasteiger partial charge in [-0.15, -0.1) is 0 Å². The van der Waals surface area contributed by atoms with E-state index in [0.29, 0.717) is 58.7 Å². The van der Waals surface area contributed by atoms with Gasteiger partial charge in [-0.25, -0.2) is 12.7 Å². The maximum Gasteiger partial charge on any atom is 0.225 e. The van der Waals surface area contributed by atoms with Crippen molar-refractivity contribution in [1.82, 2.24) is 19.1 Å². The highest BCUT2D eigenvalue weighted by Crippen LogP contribution is 2.22. The van der Waals surface area contributed by atoms with Gasteiger partial charge in [0.25, 0.3) is 0 Å². The van der Waals surface area contributed by atoms with Gasteiger partial charge in [0.05, 0.1) is 12.8 Å². The summed E-state index contributed by atoms with van der Waals surface area (Å²) < 4.78 is 24.7. The minimum absolute atomic E-state index is 0.100. The van der Waals surface area contributed by atoms with Crippen molar-refractivity contribution < 1.29 is 18.0 Å². The van der Waals surface area contributed by atoms with E-state index in [0.717, 1.165) is 17.0 Å². The Kier molecular flexibility index (Phi) is 6.26. The van der Waals surface area contributed by atoms with E-state index in [1.54, 1.807) is 0 Å². The van der Waals surface area contributed by atoms with Crippen molar-refractivity contribution in [2.45, 2.75) is 26.7 Å². The summed E-state index contributed by atoms with van der Waals surface area (Å²) in [5.41, 5.74) is 2.63. The molecule has 156 valence electrons. The first-order valence-electron chi connectivity index (χ1n) is 9.81. The standard InChI is InChI=1S/C19H30N4O4S/c1-14-12-17(15(2)20-14)18(24)13-21-8-10-22(11-9-21)19(25)16-4-6-23(7-5-16)28(3,26)27/h12,16,20H,4-11,13H2,1-3H3. The second-order valence-electron chi connectivity index (χ2n) is 7.95. The molecular formula is C19H30N4O4S. The Labute approximate surface area is 166 Å². The van der Waals surface area contributed by atoms with Gasteiger partial charge in [-0.05, 0) is 32.8 Å². The topological polar surface area (TPSA) is 93.8 Å². The molecule has 0 saturated carbocycles. The number of nitrogens with one attached hydrogen (secondary N) is 1. The number of aromatic amines is 1.